The molecule has 0 spiro atoms. The van der Waals surface area contributed by atoms with Crippen LogP contribution in [0.4, 0.5) is 4.39 Å². The second kappa shape index (κ2) is 5.14. The summed E-state index contributed by atoms with van der Waals surface area (Å²) in [4.78, 5) is 16.8. The van der Waals surface area contributed by atoms with Gasteiger partial charge in [0.25, 0.3) is 5.56 Å². The molecule has 5 nitrogen and oxygen atoms in total. The lowest BCUT2D eigenvalue weighted by Gasteiger charge is -2.03. The Balaban J connectivity index is 2.18. The molecule has 3 rings (SSSR count). The number of nitrogens with two attached hydrogens (primary N) is 1. The molecule has 21 heavy (non-hydrogen) atoms. The first-order chi connectivity index (χ1) is 10.1. The van der Waals surface area contributed by atoms with Gasteiger partial charge in [0.05, 0.1) is 5.69 Å². The van der Waals surface area contributed by atoms with Crippen molar-refractivity contribution in [2.45, 2.75) is 13.3 Å². The van der Waals surface area contributed by atoms with E-state index in [0.29, 0.717) is 35.6 Å². The summed E-state index contributed by atoms with van der Waals surface area (Å²) in [6.45, 7) is 2.20. The summed E-state index contributed by atoms with van der Waals surface area (Å²) in [5.41, 5.74) is 8.73. The van der Waals surface area contributed by atoms with Gasteiger partial charge in [-0.1, -0.05) is 0 Å². The van der Waals surface area contributed by atoms with E-state index in [1.54, 1.807) is 25.1 Å². The minimum absolute atomic E-state index is 0.142. The normalized spacial score (nSPS) is 11.2. The number of aromatic nitrogens is 3. The Hall–Kier alpha value is -2.47. The van der Waals surface area contributed by atoms with Crippen molar-refractivity contribution in [3.63, 3.8) is 0 Å². The van der Waals surface area contributed by atoms with Crippen LogP contribution < -0.4 is 11.3 Å². The zero-order valence-electron chi connectivity index (χ0n) is 11.6. The maximum Gasteiger partial charge on any atom is 0.276 e. The fraction of sp³-hybridized carbons (Fsp3) is 0.200. The monoisotopic (exact) mass is 286 g/mol. The zero-order valence-corrected chi connectivity index (χ0v) is 11.6. The Morgan fingerprint density at radius 1 is 1.33 bits per heavy atom. The molecule has 0 amide bonds. The Morgan fingerprint density at radius 3 is 2.71 bits per heavy atom. The number of benzene rings is 1. The van der Waals surface area contributed by atoms with Crippen molar-refractivity contribution in [2.24, 2.45) is 5.73 Å². The number of rotatable bonds is 3. The third-order valence-electron chi connectivity index (χ3n) is 3.46. The average Bonchev–Trinajstić information content (AvgIpc) is 2.88. The van der Waals surface area contributed by atoms with E-state index in [0.717, 1.165) is 5.56 Å². The maximum absolute atomic E-state index is 13.0. The van der Waals surface area contributed by atoms with Gasteiger partial charge in [-0.05, 0) is 49.7 Å². The standard InChI is InChI=1S/C15H15FN4O/c1-9-12(6-7-17)15(21)20-14(18-9)8-13(19-20)10-2-4-11(16)5-3-10/h2-5,8,19H,6-7,17H2,1H3. The molecule has 0 saturated carbocycles. The molecular formula is C15H15FN4O. The van der Waals surface area contributed by atoms with Crippen molar-refractivity contribution in [1.82, 2.24) is 14.6 Å². The van der Waals surface area contributed by atoms with Gasteiger partial charge in [-0.3, -0.25) is 9.89 Å². The third-order valence-corrected chi connectivity index (χ3v) is 3.46. The Labute approximate surface area is 120 Å². The van der Waals surface area contributed by atoms with Crippen LogP contribution in [-0.4, -0.2) is 21.1 Å². The number of hydrogen-bond acceptors (Lipinski definition) is 3. The minimum atomic E-state index is -0.300. The number of nitrogens with one attached hydrogen (secondary N) is 1. The van der Waals surface area contributed by atoms with Crippen molar-refractivity contribution in [1.29, 1.82) is 0 Å². The van der Waals surface area contributed by atoms with E-state index in [1.807, 2.05) is 0 Å². The van der Waals surface area contributed by atoms with Crippen LogP contribution in [0, 0.1) is 12.7 Å². The van der Waals surface area contributed by atoms with Crippen LogP contribution in [-0.2, 0) is 6.42 Å². The lowest BCUT2D eigenvalue weighted by molar-refractivity contribution is 0.628. The van der Waals surface area contributed by atoms with E-state index in [1.165, 1.54) is 16.6 Å². The summed E-state index contributed by atoms with van der Waals surface area (Å²) in [6, 6.07) is 7.83. The van der Waals surface area contributed by atoms with Gasteiger partial charge in [-0.2, -0.15) is 0 Å². The number of fused-ring (bicyclic) bond motifs is 1. The minimum Gasteiger partial charge on any atom is -0.330 e. The molecule has 108 valence electrons. The topological polar surface area (TPSA) is 76.2 Å². The average molecular weight is 286 g/mol. The molecule has 0 saturated heterocycles. The van der Waals surface area contributed by atoms with Gasteiger partial charge in [0.15, 0.2) is 5.65 Å². The van der Waals surface area contributed by atoms with Crippen LogP contribution in [0.25, 0.3) is 16.9 Å². The predicted molar refractivity (Wildman–Crippen MR) is 78.7 cm³/mol. The molecule has 0 atom stereocenters. The smallest absolute Gasteiger partial charge is 0.276 e. The van der Waals surface area contributed by atoms with Gasteiger partial charge in [0.2, 0.25) is 0 Å². The quantitative estimate of drug-likeness (QED) is 0.768. The van der Waals surface area contributed by atoms with E-state index in [-0.39, 0.29) is 11.4 Å². The number of H-pyrrole nitrogens is 1. The molecule has 0 aliphatic heterocycles. The van der Waals surface area contributed by atoms with Gasteiger partial charge in [0, 0.05) is 17.3 Å². The van der Waals surface area contributed by atoms with Crippen molar-refractivity contribution >= 4 is 5.65 Å². The number of halogens is 1. The molecule has 3 aromatic rings. The molecule has 0 unspecified atom stereocenters. The lowest BCUT2D eigenvalue weighted by Crippen LogP contribution is -2.23. The second-order valence-corrected chi connectivity index (χ2v) is 4.89. The number of nitrogens with zero attached hydrogens (tertiary/aromatic N) is 2. The number of aromatic amines is 1. The molecule has 6 heteroatoms. The highest BCUT2D eigenvalue weighted by molar-refractivity contribution is 5.64. The van der Waals surface area contributed by atoms with Crippen molar-refractivity contribution in [2.75, 3.05) is 6.54 Å². The van der Waals surface area contributed by atoms with Crippen LogP contribution in [0.2, 0.25) is 0 Å². The van der Waals surface area contributed by atoms with Crippen molar-refractivity contribution < 1.29 is 4.39 Å². The van der Waals surface area contributed by atoms with Crippen LogP contribution in [0.1, 0.15) is 11.3 Å². The first-order valence-electron chi connectivity index (χ1n) is 6.67. The van der Waals surface area contributed by atoms with E-state index < -0.39 is 0 Å². The summed E-state index contributed by atoms with van der Waals surface area (Å²) in [7, 11) is 0. The summed E-state index contributed by atoms with van der Waals surface area (Å²) >= 11 is 0. The molecule has 1 aromatic carbocycles. The molecule has 0 aliphatic carbocycles. The van der Waals surface area contributed by atoms with Crippen LogP contribution in [0.15, 0.2) is 35.1 Å². The molecule has 2 aromatic heterocycles. The summed E-state index contributed by atoms with van der Waals surface area (Å²) < 4.78 is 14.4. The SMILES string of the molecule is Cc1nc2cc(-c3ccc(F)cc3)[nH]n2c(=O)c1CCN. The Kier molecular flexibility index (Phi) is 3.31. The van der Waals surface area contributed by atoms with Gasteiger partial charge in [0.1, 0.15) is 5.82 Å². The van der Waals surface area contributed by atoms with Crippen molar-refractivity contribution in [3.05, 3.63) is 57.8 Å². The van der Waals surface area contributed by atoms with E-state index in [4.69, 9.17) is 5.73 Å². The zero-order chi connectivity index (χ0) is 15.0. The van der Waals surface area contributed by atoms with Gasteiger partial charge < -0.3 is 5.73 Å². The summed E-state index contributed by atoms with van der Waals surface area (Å²) in [5.74, 6) is -0.300. The van der Waals surface area contributed by atoms with E-state index in [9.17, 15) is 9.18 Å². The largest absolute Gasteiger partial charge is 0.330 e. The first kappa shape index (κ1) is 13.5. The number of hydrogen-bond donors (Lipinski definition) is 2. The second-order valence-electron chi connectivity index (χ2n) is 4.89. The first-order valence-corrected chi connectivity index (χ1v) is 6.67. The molecule has 3 N–H and O–H groups in total. The lowest BCUT2D eigenvalue weighted by atomic mass is 10.1. The fourth-order valence-electron chi connectivity index (χ4n) is 2.38. The molecule has 0 bridgehead atoms. The van der Waals surface area contributed by atoms with Crippen LogP contribution in [0.5, 0.6) is 0 Å². The van der Waals surface area contributed by atoms with E-state index >= 15 is 0 Å². The van der Waals surface area contributed by atoms with Gasteiger partial charge in [-0.25, -0.2) is 13.9 Å². The van der Waals surface area contributed by atoms with Gasteiger partial charge >= 0.3 is 0 Å². The fourth-order valence-corrected chi connectivity index (χ4v) is 2.38. The molecular weight excluding hydrogens is 271 g/mol. The molecule has 0 radical (unpaired) electrons. The van der Waals surface area contributed by atoms with Crippen LogP contribution in [0.3, 0.4) is 0 Å². The third kappa shape index (κ3) is 2.34. The maximum atomic E-state index is 13.0. The highest BCUT2D eigenvalue weighted by Gasteiger charge is 2.12. The van der Waals surface area contributed by atoms with Gasteiger partial charge in [-0.15, -0.1) is 0 Å². The summed E-state index contributed by atoms with van der Waals surface area (Å²) in [6.07, 6.45) is 0.492. The highest BCUT2D eigenvalue weighted by atomic mass is 19.1. The predicted octanol–water partition coefficient (Wildman–Crippen LogP) is 1.64. The summed E-state index contributed by atoms with van der Waals surface area (Å²) in [5, 5.41) is 3.00. The molecule has 0 fully saturated rings. The Morgan fingerprint density at radius 2 is 2.05 bits per heavy atom. The van der Waals surface area contributed by atoms with E-state index in [2.05, 4.69) is 10.1 Å². The Bertz CT molecular complexity index is 848. The van der Waals surface area contributed by atoms with Crippen molar-refractivity contribution in [3.8, 4) is 11.3 Å². The highest BCUT2D eigenvalue weighted by Crippen LogP contribution is 2.19. The molecule has 0 aliphatic rings. The van der Waals surface area contributed by atoms with Crippen LogP contribution >= 0.6 is 0 Å². The molecule has 2 heterocycles. The number of aryl methyl sites for hydroxylation is 1.